The molecule has 3 aromatic rings. The molecular weight excluding hydrogens is 366 g/mol. The number of hydrogen-bond donors (Lipinski definition) is 2. The lowest BCUT2D eigenvalue weighted by atomic mass is 10.1. The van der Waals surface area contributed by atoms with Gasteiger partial charge >= 0.3 is 0 Å². The van der Waals surface area contributed by atoms with Gasteiger partial charge in [0.05, 0.1) is 5.39 Å². The number of carbonyl (C=O) groups excluding carboxylic acids is 2. The second-order valence-electron chi connectivity index (χ2n) is 8.06. The third-order valence-electron chi connectivity index (χ3n) is 4.82. The quantitative estimate of drug-likeness (QED) is 0.673. The highest BCUT2D eigenvalue weighted by molar-refractivity contribution is 6.06. The minimum absolute atomic E-state index is 0.168. The Bertz CT molecular complexity index is 1060. The lowest BCUT2D eigenvalue weighted by molar-refractivity contribution is 0.0945. The zero-order valence-corrected chi connectivity index (χ0v) is 16.9. The second kappa shape index (κ2) is 7.66. The number of pyridine rings is 1. The van der Waals surface area contributed by atoms with Crippen LogP contribution in [0.5, 0.6) is 0 Å². The monoisotopic (exact) mass is 391 g/mol. The molecule has 0 atom stereocenters. The SMILES string of the molecule is Cc1ccc(C(=O)Nc2ccc3c(C(=O)NC4CC4)nn(CC(C)C)c3n2)cc1. The van der Waals surface area contributed by atoms with E-state index in [2.05, 4.69) is 34.6 Å². The Balaban J connectivity index is 1.65. The highest BCUT2D eigenvalue weighted by Gasteiger charge is 2.27. The van der Waals surface area contributed by atoms with Crippen LogP contribution in [0.3, 0.4) is 0 Å². The Morgan fingerprint density at radius 2 is 1.83 bits per heavy atom. The fourth-order valence-electron chi connectivity index (χ4n) is 3.14. The van der Waals surface area contributed by atoms with Crippen LogP contribution in [-0.2, 0) is 6.54 Å². The number of aromatic nitrogens is 3. The number of fused-ring (bicyclic) bond motifs is 1. The van der Waals surface area contributed by atoms with Crippen LogP contribution in [0.25, 0.3) is 11.0 Å². The maximum absolute atomic E-state index is 12.6. The Kier molecular flexibility index (Phi) is 5.05. The zero-order valence-electron chi connectivity index (χ0n) is 16.9. The van der Waals surface area contributed by atoms with Crippen molar-refractivity contribution in [2.45, 2.75) is 46.2 Å². The standard InChI is InChI=1S/C22H25N5O2/c1-13(2)12-27-20-17(19(26-27)22(29)23-16-8-9-16)10-11-18(24-20)25-21(28)15-6-4-14(3)5-7-15/h4-7,10-11,13,16H,8-9,12H2,1-3H3,(H,23,29)(H,24,25,28). The molecule has 2 amide bonds. The lowest BCUT2D eigenvalue weighted by Crippen LogP contribution is -2.26. The molecule has 0 unspecified atom stereocenters. The van der Waals surface area contributed by atoms with E-state index in [1.165, 1.54) is 0 Å². The van der Waals surface area contributed by atoms with Crippen molar-refractivity contribution < 1.29 is 9.59 Å². The van der Waals surface area contributed by atoms with Gasteiger partial charge in [0.25, 0.3) is 11.8 Å². The van der Waals surface area contributed by atoms with E-state index in [1.54, 1.807) is 28.9 Å². The van der Waals surface area contributed by atoms with Crippen LogP contribution in [0.15, 0.2) is 36.4 Å². The first kappa shape index (κ1) is 19.1. The molecule has 0 aliphatic heterocycles. The molecule has 1 saturated carbocycles. The van der Waals surface area contributed by atoms with Crippen molar-refractivity contribution in [3.05, 3.63) is 53.2 Å². The summed E-state index contributed by atoms with van der Waals surface area (Å²) in [4.78, 5) is 29.7. The molecule has 1 fully saturated rings. The summed E-state index contributed by atoms with van der Waals surface area (Å²) in [6.45, 7) is 6.78. The highest BCUT2D eigenvalue weighted by atomic mass is 16.2. The van der Waals surface area contributed by atoms with E-state index >= 15 is 0 Å². The average molecular weight is 391 g/mol. The molecule has 0 radical (unpaired) electrons. The van der Waals surface area contributed by atoms with Gasteiger partial charge in [-0.1, -0.05) is 31.5 Å². The highest BCUT2D eigenvalue weighted by Crippen LogP contribution is 2.23. The predicted octanol–water partition coefficient (Wildman–Crippen LogP) is 3.54. The van der Waals surface area contributed by atoms with Gasteiger partial charge in [0.15, 0.2) is 11.3 Å². The molecule has 0 saturated heterocycles. The van der Waals surface area contributed by atoms with E-state index < -0.39 is 0 Å². The van der Waals surface area contributed by atoms with Crippen LogP contribution in [0.4, 0.5) is 5.82 Å². The van der Waals surface area contributed by atoms with Crippen LogP contribution in [0.1, 0.15) is 53.1 Å². The van der Waals surface area contributed by atoms with Gasteiger partial charge in [-0.25, -0.2) is 9.67 Å². The zero-order chi connectivity index (χ0) is 20.5. The van der Waals surface area contributed by atoms with Crippen LogP contribution in [0, 0.1) is 12.8 Å². The Hall–Kier alpha value is -3.22. The molecule has 4 rings (SSSR count). The number of carbonyl (C=O) groups is 2. The number of hydrogen-bond acceptors (Lipinski definition) is 4. The number of anilines is 1. The molecule has 2 N–H and O–H groups in total. The predicted molar refractivity (Wildman–Crippen MR) is 112 cm³/mol. The third-order valence-corrected chi connectivity index (χ3v) is 4.82. The molecule has 1 aliphatic rings. The second-order valence-corrected chi connectivity index (χ2v) is 8.06. The van der Waals surface area contributed by atoms with Gasteiger partial charge in [0.1, 0.15) is 5.82 Å². The molecule has 1 aromatic carbocycles. The number of amides is 2. The summed E-state index contributed by atoms with van der Waals surface area (Å²) in [5.74, 6) is 0.379. The van der Waals surface area contributed by atoms with E-state index in [0.29, 0.717) is 40.6 Å². The van der Waals surface area contributed by atoms with Gasteiger partial charge in [-0.15, -0.1) is 0 Å². The molecule has 7 nitrogen and oxygen atoms in total. The van der Waals surface area contributed by atoms with Crippen LogP contribution >= 0.6 is 0 Å². The van der Waals surface area contributed by atoms with Crippen LogP contribution in [-0.4, -0.2) is 32.6 Å². The normalized spacial score (nSPS) is 13.7. The van der Waals surface area contributed by atoms with E-state index in [9.17, 15) is 9.59 Å². The number of nitrogens with one attached hydrogen (secondary N) is 2. The minimum Gasteiger partial charge on any atom is -0.348 e. The van der Waals surface area contributed by atoms with E-state index in [0.717, 1.165) is 18.4 Å². The summed E-state index contributed by atoms with van der Waals surface area (Å²) in [6.07, 6.45) is 2.04. The first-order chi connectivity index (χ1) is 13.9. The number of nitrogens with zero attached hydrogens (tertiary/aromatic N) is 3. The summed E-state index contributed by atoms with van der Waals surface area (Å²) in [5.41, 5.74) is 2.64. The topological polar surface area (TPSA) is 88.9 Å². The maximum Gasteiger partial charge on any atom is 0.272 e. The van der Waals surface area contributed by atoms with Crippen LogP contribution in [0.2, 0.25) is 0 Å². The van der Waals surface area contributed by atoms with Gasteiger partial charge < -0.3 is 10.6 Å². The molecule has 150 valence electrons. The number of aryl methyl sites for hydroxylation is 1. The van der Waals surface area contributed by atoms with Crippen molar-refractivity contribution in [3.8, 4) is 0 Å². The number of benzene rings is 1. The van der Waals surface area contributed by atoms with Crippen molar-refractivity contribution in [2.24, 2.45) is 5.92 Å². The van der Waals surface area contributed by atoms with Crippen molar-refractivity contribution in [1.82, 2.24) is 20.1 Å². The van der Waals surface area contributed by atoms with Crippen molar-refractivity contribution in [1.29, 1.82) is 0 Å². The minimum atomic E-state index is -0.224. The molecule has 0 spiro atoms. The summed E-state index contributed by atoms with van der Waals surface area (Å²) < 4.78 is 1.75. The molecule has 1 aliphatic carbocycles. The Labute approximate surface area is 169 Å². The van der Waals surface area contributed by atoms with Gasteiger partial charge in [-0.3, -0.25) is 9.59 Å². The average Bonchev–Trinajstić information content (AvgIpc) is 3.42. The number of rotatable bonds is 6. The first-order valence-corrected chi connectivity index (χ1v) is 9.97. The Morgan fingerprint density at radius 3 is 2.48 bits per heavy atom. The van der Waals surface area contributed by atoms with Gasteiger partial charge in [0.2, 0.25) is 0 Å². The fourth-order valence-corrected chi connectivity index (χ4v) is 3.14. The molecule has 0 bridgehead atoms. The van der Waals surface area contributed by atoms with E-state index in [-0.39, 0.29) is 17.9 Å². The first-order valence-electron chi connectivity index (χ1n) is 9.97. The molecule has 7 heteroatoms. The van der Waals surface area contributed by atoms with Crippen molar-refractivity contribution in [2.75, 3.05) is 5.32 Å². The largest absolute Gasteiger partial charge is 0.348 e. The molecule has 2 aromatic heterocycles. The summed E-state index contributed by atoms with van der Waals surface area (Å²) in [5, 5.41) is 11.0. The maximum atomic E-state index is 12.6. The van der Waals surface area contributed by atoms with E-state index in [4.69, 9.17) is 0 Å². The third kappa shape index (κ3) is 4.29. The van der Waals surface area contributed by atoms with Crippen LogP contribution < -0.4 is 10.6 Å². The fraction of sp³-hybridized carbons (Fsp3) is 0.364. The smallest absolute Gasteiger partial charge is 0.272 e. The molecule has 29 heavy (non-hydrogen) atoms. The lowest BCUT2D eigenvalue weighted by Gasteiger charge is -2.08. The van der Waals surface area contributed by atoms with Crippen molar-refractivity contribution >= 4 is 28.7 Å². The Morgan fingerprint density at radius 1 is 1.10 bits per heavy atom. The summed E-state index contributed by atoms with van der Waals surface area (Å²) in [6, 6.07) is 11.1. The molecular formula is C22H25N5O2. The van der Waals surface area contributed by atoms with Crippen molar-refractivity contribution in [3.63, 3.8) is 0 Å². The summed E-state index contributed by atoms with van der Waals surface area (Å²) >= 11 is 0. The van der Waals surface area contributed by atoms with Gasteiger partial charge in [0, 0.05) is 18.2 Å². The van der Waals surface area contributed by atoms with Gasteiger partial charge in [-0.2, -0.15) is 5.10 Å². The summed E-state index contributed by atoms with van der Waals surface area (Å²) in [7, 11) is 0. The molecule has 2 heterocycles. The van der Waals surface area contributed by atoms with Gasteiger partial charge in [-0.05, 0) is 49.9 Å². The van der Waals surface area contributed by atoms with E-state index in [1.807, 2.05) is 19.1 Å².